The van der Waals surface area contributed by atoms with Crippen molar-refractivity contribution in [3.63, 3.8) is 0 Å². The molecule has 6 nitrogen and oxygen atoms in total. The Hall–Kier alpha value is -3.28. The minimum absolute atomic E-state index is 0.0731. The zero-order valence-electron chi connectivity index (χ0n) is 14.0. The molecule has 0 spiro atoms. The fourth-order valence-corrected chi connectivity index (χ4v) is 2.38. The number of carbonyl (C=O) groups is 1. The lowest BCUT2D eigenvalue weighted by atomic mass is 10.0. The van der Waals surface area contributed by atoms with Crippen molar-refractivity contribution in [3.8, 4) is 0 Å². The highest BCUT2D eigenvalue weighted by molar-refractivity contribution is 5.93. The van der Waals surface area contributed by atoms with E-state index in [0.29, 0.717) is 16.8 Å². The van der Waals surface area contributed by atoms with E-state index in [-0.39, 0.29) is 11.4 Å². The molecule has 0 atom stereocenters. The minimum Gasteiger partial charge on any atom is -0.302 e. The Morgan fingerprint density at radius 1 is 1.16 bits per heavy atom. The number of aromatic amines is 1. The number of carbonyl (C=O) groups excluding carboxylic acids is 1. The highest BCUT2D eigenvalue weighted by Gasteiger charge is 2.10. The molecule has 0 saturated carbocycles. The number of rotatable bonds is 4. The molecular weight excluding hydrogens is 316 g/mol. The van der Waals surface area contributed by atoms with Gasteiger partial charge in [0, 0.05) is 0 Å². The molecule has 0 saturated heterocycles. The number of fused-ring (bicyclic) bond motifs is 1. The second-order valence-corrected chi connectivity index (χ2v) is 5.95. The Morgan fingerprint density at radius 2 is 1.88 bits per heavy atom. The number of hydrogen-bond donors (Lipinski definition) is 2. The van der Waals surface area contributed by atoms with Gasteiger partial charge in [-0.05, 0) is 29.2 Å². The molecule has 0 radical (unpaired) electrons. The Balaban J connectivity index is 1.73. The van der Waals surface area contributed by atoms with Crippen molar-refractivity contribution >= 4 is 23.0 Å². The number of benzene rings is 2. The van der Waals surface area contributed by atoms with Crippen molar-refractivity contribution in [3.05, 3.63) is 75.8 Å². The first-order valence-electron chi connectivity index (χ1n) is 7.97. The van der Waals surface area contributed by atoms with E-state index in [9.17, 15) is 9.59 Å². The Kier molecular flexibility index (Phi) is 4.70. The van der Waals surface area contributed by atoms with Crippen LogP contribution in [0.1, 0.15) is 41.5 Å². The van der Waals surface area contributed by atoms with Crippen molar-refractivity contribution in [2.45, 2.75) is 19.8 Å². The van der Waals surface area contributed by atoms with Crippen LogP contribution in [-0.4, -0.2) is 22.1 Å². The van der Waals surface area contributed by atoms with E-state index in [1.165, 1.54) is 5.56 Å². The standard InChI is InChI=1S/C19H18N4O2/c1-12(2)14-9-7-13(8-10-14)11-20-23-19(25)17-21-16-6-4-3-5-15(16)18(24)22-17/h3-12H,1-2H3,(H,23,25)(H,21,22,24). The summed E-state index contributed by atoms with van der Waals surface area (Å²) in [6.07, 6.45) is 1.54. The summed E-state index contributed by atoms with van der Waals surface area (Å²) in [5.41, 5.74) is 4.58. The maximum atomic E-state index is 12.1. The smallest absolute Gasteiger partial charge is 0.302 e. The first kappa shape index (κ1) is 16.6. The van der Waals surface area contributed by atoms with Crippen LogP contribution < -0.4 is 11.0 Å². The van der Waals surface area contributed by atoms with E-state index in [1.54, 1.807) is 30.5 Å². The number of amides is 1. The molecule has 0 aliphatic heterocycles. The number of H-pyrrole nitrogens is 1. The number of nitrogens with one attached hydrogen (secondary N) is 2. The molecule has 6 heteroatoms. The summed E-state index contributed by atoms with van der Waals surface area (Å²) in [5, 5.41) is 4.35. The molecule has 0 unspecified atom stereocenters. The predicted molar refractivity (Wildman–Crippen MR) is 98.0 cm³/mol. The molecule has 1 amide bonds. The SMILES string of the molecule is CC(C)c1ccc(C=NNC(=O)c2nc3ccccc3c(=O)[nH]2)cc1. The number of para-hydroxylation sites is 1. The zero-order chi connectivity index (χ0) is 17.8. The summed E-state index contributed by atoms with van der Waals surface area (Å²) in [4.78, 5) is 30.7. The van der Waals surface area contributed by atoms with Gasteiger partial charge in [0.05, 0.1) is 17.1 Å². The first-order valence-corrected chi connectivity index (χ1v) is 7.97. The third-order valence-corrected chi connectivity index (χ3v) is 3.81. The van der Waals surface area contributed by atoms with E-state index in [2.05, 4.69) is 34.3 Å². The van der Waals surface area contributed by atoms with Gasteiger partial charge in [0.1, 0.15) is 0 Å². The van der Waals surface area contributed by atoms with Crippen LogP contribution in [0.2, 0.25) is 0 Å². The average Bonchev–Trinajstić information content (AvgIpc) is 2.62. The van der Waals surface area contributed by atoms with Gasteiger partial charge in [0.15, 0.2) is 0 Å². The van der Waals surface area contributed by atoms with E-state index >= 15 is 0 Å². The summed E-state index contributed by atoms with van der Waals surface area (Å²) in [6, 6.07) is 14.8. The molecule has 0 fully saturated rings. The van der Waals surface area contributed by atoms with Gasteiger partial charge in [-0.3, -0.25) is 9.59 Å². The monoisotopic (exact) mass is 334 g/mol. The van der Waals surface area contributed by atoms with Crippen LogP contribution in [0.15, 0.2) is 58.4 Å². The maximum absolute atomic E-state index is 12.1. The van der Waals surface area contributed by atoms with Gasteiger partial charge in [-0.2, -0.15) is 5.10 Å². The molecule has 3 rings (SSSR count). The predicted octanol–water partition coefficient (Wildman–Crippen LogP) is 2.81. The Labute approximate surface area is 144 Å². The molecular formula is C19H18N4O2. The minimum atomic E-state index is -0.571. The van der Waals surface area contributed by atoms with E-state index in [0.717, 1.165) is 5.56 Å². The van der Waals surface area contributed by atoms with Crippen LogP contribution in [-0.2, 0) is 0 Å². The lowest BCUT2D eigenvalue weighted by molar-refractivity contribution is 0.0945. The molecule has 126 valence electrons. The van der Waals surface area contributed by atoms with Crippen molar-refractivity contribution in [1.82, 2.24) is 15.4 Å². The fraction of sp³-hybridized carbons (Fsp3) is 0.158. The topological polar surface area (TPSA) is 87.2 Å². The largest absolute Gasteiger partial charge is 0.307 e. The first-order chi connectivity index (χ1) is 12.0. The van der Waals surface area contributed by atoms with Crippen molar-refractivity contribution in [2.75, 3.05) is 0 Å². The molecule has 1 aromatic heterocycles. The van der Waals surface area contributed by atoms with Crippen LogP contribution in [0.25, 0.3) is 10.9 Å². The molecule has 25 heavy (non-hydrogen) atoms. The summed E-state index contributed by atoms with van der Waals surface area (Å²) in [5.74, 6) is -0.185. The average molecular weight is 334 g/mol. The van der Waals surface area contributed by atoms with Crippen LogP contribution in [0.4, 0.5) is 0 Å². The second-order valence-electron chi connectivity index (χ2n) is 5.95. The molecule has 0 aliphatic carbocycles. The lowest BCUT2D eigenvalue weighted by Gasteiger charge is -2.04. The maximum Gasteiger partial charge on any atom is 0.307 e. The van der Waals surface area contributed by atoms with E-state index in [1.807, 2.05) is 24.3 Å². The number of hydrazone groups is 1. The summed E-state index contributed by atoms with van der Waals surface area (Å²) in [7, 11) is 0. The van der Waals surface area contributed by atoms with Gasteiger partial charge < -0.3 is 4.98 Å². The number of nitrogens with zero attached hydrogens (tertiary/aromatic N) is 2. The van der Waals surface area contributed by atoms with Crippen molar-refractivity contribution in [1.29, 1.82) is 0 Å². The van der Waals surface area contributed by atoms with Gasteiger partial charge in [-0.25, -0.2) is 10.4 Å². The van der Waals surface area contributed by atoms with Crippen LogP contribution in [0, 0.1) is 0 Å². The molecule has 3 aromatic rings. The Morgan fingerprint density at radius 3 is 2.60 bits per heavy atom. The zero-order valence-corrected chi connectivity index (χ0v) is 14.0. The van der Waals surface area contributed by atoms with Gasteiger partial charge in [0.25, 0.3) is 5.56 Å². The van der Waals surface area contributed by atoms with Crippen molar-refractivity contribution < 1.29 is 4.79 Å². The van der Waals surface area contributed by atoms with Crippen LogP contribution in [0.3, 0.4) is 0 Å². The molecule has 0 bridgehead atoms. The third-order valence-electron chi connectivity index (χ3n) is 3.81. The van der Waals surface area contributed by atoms with Gasteiger partial charge in [-0.1, -0.05) is 50.2 Å². The van der Waals surface area contributed by atoms with Crippen molar-refractivity contribution in [2.24, 2.45) is 5.10 Å². The molecule has 2 N–H and O–H groups in total. The highest BCUT2D eigenvalue weighted by atomic mass is 16.2. The Bertz CT molecular complexity index is 988. The summed E-state index contributed by atoms with van der Waals surface area (Å²) < 4.78 is 0. The normalized spacial score (nSPS) is 11.3. The quantitative estimate of drug-likeness (QED) is 0.568. The lowest BCUT2D eigenvalue weighted by Crippen LogP contribution is -2.24. The fourth-order valence-electron chi connectivity index (χ4n) is 2.38. The van der Waals surface area contributed by atoms with Crippen LogP contribution >= 0.6 is 0 Å². The highest BCUT2D eigenvalue weighted by Crippen LogP contribution is 2.13. The second kappa shape index (κ2) is 7.09. The molecule has 2 aromatic carbocycles. The van der Waals surface area contributed by atoms with Gasteiger partial charge in [-0.15, -0.1) is 0 Å². The van der Waals surface area contributed by atoms with Gasteiger partial charge in [0.2, 0.25) is 5.82 Å². The number of hydrogen-bond acceptors (Lipinski definition) is 4. The number of aromatic nitrogens is 2. The third kappa shape index (κ3) is 3.80. The van der Waals surface area contributed by atoms with E-state index < -0.39 is 5.91 Å². The molecule has 0 aliphatic rings. The van der Waals surface area contributed by atoms with Gasteiger partial charge >= 0.3 is 5.91 Å². The van der Waals surface area contributed by atoms with Crippen LogP contribution in [0.5, 0.6) is 0 Å². The molecule has 1 heterocycles. The summed E-state index contributed by atoms with van der Waals surface area (Å²) >= 11 is 0. The van der Waals surface area contributed by atoms with E-state index in [4.69, 9.17) is 0 Å². The summed E-state index contributed by atoms with van der Waals surface area (Å²) in [6.45, 7) is 4.25.